The third-order valence-electron chi connectivity index (χ3n) is 5.36. The highest BCUT2D eigenvalue weighted by molar-refractivity contribution is 7.80. The van der Waals surface area contributed by atoms with E-state index in [1.165, 1.54) is 5.39 Å². The number of hydrogen-bond acceptors (Lipinski definition) is 5. The van der Waals surface area contributed by atoms with Crippen LogP contribution in [0.5, 0.6) is 11.5 Å². The Morgan fingerprint density at radius 1 is 0.656 bits per heavy atom. The molecule has 1 aliphatic heterocycles. The average Bonchev–Trinajstić information content (AvgIpc) is 2.81. The number of rotatable bonds is 2. The van der Waals surface area contributed by atoms with E-state index in [0.717, 1.165) is 38.8 Å². The molecule has 0 atom stereocenters. The van der Waals surface area contributed by atoms with Crippen LogP contribution < -0.4 is 20.1 Å². The summed E-state index contributed by atoms with van der Waals surface area (Å²) in [6, 6.07) is 24.0. The van der Waals surface area contributed by atoms with Crippen molar-refractivity contribution in [2.24, 2.45) is 0 Å². The van der Waals surface area contributed by atoms with E-state index in [0.29, 0.717) is 29.8 Å². The number of aromatic nitrogens is 2. The second-order valence-corrected chi connectivity index (χ2v) is 7.96. The summed E-state index contributed by atoms with van der Waals surface area (Å²) in [6.07, 6.45) is 0. The van der Waals surface area contributed by atoms with Crippen molar-refractivity contribution in [3.05, 3.63) is 72.8 Å². The molecule has 1 aliphatic rings. The minimum Gasteiger partial charge on any atom is -0.486 e. The third-order valence-corrected chi connectivity index (χ3v) is 5.57. The van der Waals surface area contributed by atoms with E-state index in [1.54, 1.807) is 0 Å². The molecule has 2 N–H and O–H groups in total. The first-order chi connectivity index (χ1) is 15.7. The molecule has 0 amide bonds. The molecule has 156 valence electrons. The van der Waals surface area contributed by atoms with Crippen molar-refractivity contribution in [1.29, 1.82) is 0 Å². The van der Waals surface area contributed by atoms with Crippen molar-refractivity contribution >= 4 is 61.5 Å². The first kappa shape index (κ1) is 18.8. The van der Waals surface area contributed by atoms with Gasteiger partial charge in [-0.25, -0.2) is 9.97 Å². The molecule has 4 aromatic carbocycles. The van der Waals surface area contributed by atoms with Gasteiger partial charge in [-0.1, -0.05) is 30.3 Å². The standard InChI is InChI=1S/C25H18N4O2S/c32-25(26-17-6-5-15-3-1-2-4-16(15)11-17)27-18-7-8-19-20(12-18)29-22-14-24-23(13-21(22)28-19)30-9-10-31-24/h1-8,11-14H,9-10H2,(H2,26,27,32). The van der Waals surface area contributed by atoms with E-state index in [4.69, 9.17) is 31.7 Å². The van der Waals surface area contributed by atoms with Gasteiger partial charge in [0.15, 0.2) is 16.6 Å². The van der Waals surface area contributed by atoms with Crippen LogP contribution in [0.3, 0.4) is 0 Å². The number of benzene rings is 4. The molecule has 0 saturated carbocycles. The van der Waals surface area contributed by atoms with Crippen LogP contribution >= 0.6 is 12.2 Å². The Morgan fingerprint density at radius 2 is 1.25 bits per heavy atom. The Bertz CT molecular complexity index is 1520. The SMILES string of the molecule is S=C(Nc1ccc2ccccc2c1)Nc1ccc2nc3cc4c(cc3nc2c1)OCCO4. The molecule has 0 unspecified atom stereocenters. The fraction of sp³-hybridized carbons (Fsp3) is 0.0800. The van der Waals surface area contributed by atoms with E-state index in [2.05, 4.69) is 34.9 Å². The summed E-state index contributed by atoms with van der Waals surface area (Å²) in [6.45, 7) is 1.08. The molecule has 2 heterocycles. The Morgan fingerprint density at radius 3 is 2.00 bits per heavy atom. The molecular formula is C25H18N4O2S. The summed E-state index contributed by atoms with van der Waals surface area (Å²) in [5, 5.41) is 9.34. The van der Waals surface area contributed by atoms with E-state index in [1.807, 2.05) is 48.5 Å². The molecule has 0 radical (unpaired) electrons. The Labute approximate surface area is 189 Å². The zero-order valence-corrected chi connectivity index (χ0v) is 17.8. The highest BCUT2D eigenvalue weighted by Gasteiger charge is 2.14. The van der Waals surface area contributed by atoms with E-state index >= 15 is 0 Å². The van der Waals surface area contributed by atoms with Gasteiger partial charge in [0.1, 0.15) is 13.2 Å². The van der Waals surface area contributed by atoms with Gasteiger partial charge in [-0.3, -0.25) is 0 Å². The fourth-order valence-electron chi connectivity index (χ4n) is 3.85. The van der Waals surface area contributed by atoms with Crippen molar-refractivity contribution in [3.63, 3.8) is 0 Å². The van der Waals surface area contributed by atoms with Crippen LogP contribution in [0.1, 0.15) is 0 Å². The number of anilines is 2. The normalized spacial score (nSPS) is 12.8. The largest absolute Gasteiger partial charge is 0.486 e. The number of thiocarbonyl (C=S) groups is 1. The van der Waals surface area contributed by atoms with Gasteiger partial charge in [-0.15, -0.1) is 0 Å². The highest BCUT2D eigenvalue weighted by Crippen LogP contribution is 2.34. The average molecular weight is 439 g/mol. The Kier molecular flexibility index (Phi) is 4.47. The number of nitrogens with one attached hydrogen (secondary N) is 2. The second kappa shape index (κ2) is 7.62. The van der Waals surface area contributed by atoms with Gasteiger partial charge in [0.05, 0.1) is 22.1 Å². The summed E-state index contributed by atoms with van der Waals surface area (Å²) in [4.78, 5) is 9.50. The molecule has 7 heteroatoms. The molecule has 0 fully saturated rings. The van der Waals surface area contributed by atoms with E-state index < -0.39 is 0 Å². The predicted octanol–water partition coefficient (Wildman–Crippen LogP) is 5.52. The lowest BCUT2D eigenvalue weighted by Gasteiger charge is -2.18. The van der Waals surface area contributed by atoms with Crippen molar-refractivity contribution in [2.45, 2.75) is 0 Å². The minimum atomic E-state index is 0.507. The first-order valence-electron chi connectivity index (χ1n) is 10.3. The Hall–Kier alpha value is -3.97. The van der Waals surface area contributed by atoms with Crippen molar-refractivity contribution < 1.29 is 9.47 Å². The minimum absolute atomic E-state index is 0.507. The molecule has 32 heavy (non-hydrogen) atoms. The number of nitrogens with zero attached hydrogens (tertiary/aromatic N) is 2. The molecule has 0 saturated heterocycles. The third kappa shape index (κ3) is 3.52. The summed E-state index contributed by atoms with van der Waals surface area (Å²) in [5.41, 5.74) is 4.87. The topological polar surface area (TPSA) is 68.3 Å². The number of fused-ring (bicyclic) bond motifs is 4. The maximum Gasteiger partial charge on any atom is 0.175 e. The van der Waals surface area contributed by atoms with E-state index in [9.17, 15) is 0 Å². The molecule has 6 nitrogen and oxygen atoms in total. The first-order valence-corrected chi connectivity index (χ1v) is 10.7. The van der Waals surface area contributed by atoms with Gasteiger partial charge in [-0.05, 0) is 53.3 Å². The molecule has 0 spiro atoms. The maximum atomic E-state index is 5.67. The lowest BCUT2D eigenvalue weighted by molar-refractivity contribution is 0.172. The van der Waals surface area contributed by atoms with Crippen LogP contribution in [-0.2, 0) is 0 Å². The highest BCUT2D eigenvalue weighted by atomic mass is 32.1. The molecule has 5 aromatic rings. The fourth-order valence-corrected chi connectivity index (χ4v) is 4.09. The lowest BCUT2D eigenvalue weighted by Crippen LogP contribution is -2.19. The molecule has 0 bridgehead atoms. The molecule has 0 aliphatic carbocycles. The quantitative estimate of drug-likeness (QED) is 0.278. The number of ether oxygens (including phenoxy) is 2. The maximum absolute atomic E-state index is 5.67. The van der Waals surface area contributed by atoms with Crippen LogP contribution in [0.25, 0.3) is 32.8 Å². The molecular weight excluding hydrogens is 420 g/mol. The van der Waals surface area contributed by atoms with Crippen LogP contribution in [-0.4, -0.2) is 28.3 Å². The van der Waals surface area contributed by atoms with Gasteiger partial charge in [0, 0.05) is 23.5 Å². The zero-order valence-electron chi connectivity index (χ0n) is 17.0. The summed E-state index contributed by atoms with van der Waals surface area (Å²) < 4.78 is 11.3. The second-order valence-electron chi connectivity index (χ2n) is 7.55. The van der Waals surface area contributed by atoms with Gasteiger partial charge in [0.25, 0.3) is 0 Å². The van der Waals surface area contributed by atoms with E-state index in [-0.39, 0.29) is 0 Å². The summed E-state index contributed by atoms with van der Waals surface area (Å²) in [5.74, 6) is 1.41. The lowest BCUT2D eigenvalue weighted by atomic mass is 10.1. The van der Waals surface area contributed by atoms with Crippen molar-refractivity contribution in [3.8, 4) is 11.5 Å². The van der Waals surface area contributed by atoms with Gasteiger partial charge in [-0.2, -0.15) is 0 Å². The smallest absolute Gasteiger partial charge is 0.175 e. The van der Waals surface area contributed by atoms with Gasteiger partial charge in [0.2, 0.25) is 0 Å². The Balaban J connectivity index is 1.26. The van der Waals surface area contributed by atoms with Gasteiger partial charge < -0.3 is 20.1 Å². The van der Waals surface area contributed by atoms with Crippen LogP contribution in [0, 0.1) is 0 Å². The summed E-state index contributed by atoms with van der Waals surface area (Å²) in [7, 11) is 0. The van der Waals surface area contributed by atoms with Crippen LogP contribution in [0.2, 0.25) is 0 Å². The number of hydrogen-bond donors (Lipinski definition) is 2. The monoisotopic (exact) mass is 438 g/mol. The van der Waals surface area contributed by atoms with Gasteiger partial charge >= 0.3 is 0 Å². The van der Waals surface area contributed by atoms with Crippen LogP contribution in [0.4, 0.5) is 11.4 Å². The molecule has 6 rings (SSSR count). The van der Waals surface area contributed by atoms with Crippen LogP contribution in [0.15, 0.2) is 72.8 Å². The molecule has 1 aromatic heterocycles. The van der Waals surface area contributed by atoms with Crippen molar-refractivity contribution in [1.82, 2.24) is 9.97 Å². The predicted molar refractivity (Wildman–Crippen MR) is 132 cm³/mol. The summed E-state index contributed by atoms with van der Waals surface area (Å²) >= 11 is 5.52. The zero-order chi connectivity index (χ0) is 21.5. The van der Waals surface area contributed by atoms with Crippen molar-refractivity contribution in [2.75, 3.05) is 23.8 Å².